The number of hydrogen-bond donors (Lipinski definition) is 1. The minimum absolute atomic E-state index is 0.479. The van der Waals surface area contributed by atoms with E-state index in [1.54, 1.807) is 0 Å². The zero-order valence-electron chi connectivity index (χ0n) is 13.4. The molecule has 1 aromatic heterocycles. The van der Waals surface area contributed by atoms with E-state index >= 15 is 0 Å². The highest BCUT2D eigenvalue weighted by molar-refractivity contribution is 9.10. The number of nitrogens with zero attached hydrogens (tertiary/aromatic N) is 2. The van der Waals surface area contributed by atoms with Gasteiger partial charge in [-0.2, -0.15) is 0 Å². The standard InChI is InChI=1S/C19H20BrN3S/c20-15-6-7-17-18(12-15)23(19(24)21-17)16-8-10-22(11-9-16)13-14-4-2-1-3-5-14/h1-7,12,16H,8-11,13H2,(H,21,24). The number of likely N-dealkylation sites (tertiary alicyclic amines) is 1. The molecule has 5 heteroatoms. The second kappa shape index (κ2) is 6.82. The van der Waals surface area contributed by atoms with Crippen LogP contribution in [0.15, 0.2) is 53.0 Å². The number of piperidine rings is 1. The second-order valence-electron chi connectivity index (χ2n) is 6.45. The summed E-state index contributed by atoms with van der Waals surface area (Å²) in [4.78, 5) is 5.89. The van der Waals surface area contributed by atoms with Gasteiger partial charge in [0.2, 0.25) is 0 Å². The van der Waals surface area contributed by atoms with E-state index in [1.165, 1.54) is 11.1 Å². The van der Waals surface area contributed by atoms with E-state index in [-0.39, 0.29) is 0 Å². The van der Waals surface area contributed by atoms with Gasteiger partial charge >= 0.3 is 0 Å². The predicted octanol–water partition coefficient (Wildman–Crippen LogP) is 5.30. The maximum atomic E-state index is 5.59. The van der Waals surface area contributed by atoms with Crippen molar-refractivity contribution < 1.29 is 0 Å². The molecular formula is C19H20BrN3S. The van der Waals surface area contributed by atoms with Crippen LogP contribution in [0, 0.1) is 4.77 Å². The van der Waals surface area contributed by atoms with E-state index in [0.29, 0.717) is 6.04 Å². The molecule has 124 valence electrons. The van der Waals surface area contributed by atoms with Crippen molar-refractivity contribution in [3.63, 3.8) is 0 Å². The number of aromatic nitrogens is 2. The first-order chi connectivity index (χ1) is 11.7. The Morgan fingerprint density at radius 2 is 1.83 bits per heavy atom. The first-order valence-corrected chi connectivity index (χ1v) is 9.57. The third-order valence-electron chi connectivity index (χ3n) is 4.85. The average molecular weight is 402 g/mol. The zero-order chi connectivity index (χ0) is 16.5. The lowest BCUT2D eigenvalue weighted by atomic mass is 10.0. The van der Waals surface area contributed by atoms with Gasteiger partial charge in [0.1, 0.15) is 0 Å². The summed E-state index contributed by atoms with van der Waals surface area (Å²) in [7, 11) is 0. The summed E-state index contributed by atoms with van der Waals surface area (Å²) in [6, 6.07) is 17.5. The van der Waals surface area contributed by atoms with Gasteiger partial charge < -0.3 is 9.55 Å². The van der Waals surface area contributed by atoms with Gasteiger partial charge in [-0.25, -0.2) is 0 Å². The SMILES string of the molecule is S=c1[nH]c2ccc(Br)cc2n1C1CCN(Cc2ccccc2)CC1. The van der Waals surface area contributed by atoms with Crippen LogP contribution in [0.25, 0.3) is 11.0 Å². The van der Waals surface area contributed by atoms with Crippen molar-refractivity contribution in [2.24, 2.45) is 0 Å². The molecule has 3 aromatic rings. The molecule has 0 spiro atoms. The molecule has 24 heavy (non-hydrogen) atoms. The molecule has 3 nitrogen and oxygen atoms in total. The summed E-state index contributed by atoms with van der Waals surface area (Å²) in [6.07, 6.45) is 2.28. The van der Waals surface area contributed by atoms with Crippen LogP contribution in [0.2, 0.25) is 0 Å². The Hall–Kier alpha value is -1.43. The van der Waals surface area contributed by atoms with Crippen LogP contribution in [-0.4, -0.2) is 27.5 Å². The fourth-order valence-corrected chi connectivity index (χ4v) is 4.34. The smallest absolute Gasteiger partial charge is 0.178 e. The Balaban J connectivity index is 1.51. The Morgan fingerprint density at radius 3 is 2.58 bits per heavy atom. The fraction of sp³-hybridized carbons (Fsp3) is 0.316. The molecule has 0 amide bonds. The number of aromatic amines is 1. The average Bonchev–Trinajstić information content (AvgIpc) is 2.92. The predicted molar refractivity (Wildman–Crippen MR) is 105 cm³/mol. The molecule has 1 aliphatic rings. The summed E-state index contributed by atoms with van der Waals surface area (Å²) < 4.78 is 4.25. The van der Waals surface area contributed by atoms with Gasteiger partial charge in [0.15, 0.2) is 4.77 Å². The zero-order valence-corrected chi connectivity index (χ0v) is 15.8. The van der Waals surface area contributed by atoms with Crippen LogP contribution in [0.5, 0.6) is 0 Å². The van der Waals surface area contributed by atoms with Gasteiger partial charge in [-0.3, -0.25) is 4.90 Å². The van der Waals surface area contributed by atoms with Crippen LogP contribution in [0.1, 0.15) is 24.4 Å². The van der Waals surface area contributed by atoms with E-state index in [4.69, 9.17) is 12.2 Å². The third-order valence-corrected chi connectivity index (χ3v) is 5.64. The molecule has 0 radical (unpaired) electrons. The van der Waals surface area contributed by atoms with E-state index < -0.39 is 0 Å². The van der Waals surface area contributed by atoms with E-state index in [0.717, 1.165) is 47.2 Å². The van der Waals surface area contributed by atoms with Gasteiger partial charge in [0.05, 0.1) is 11.0 Å². The Morgan fingerprint density at radius 1 is 1.08 bits per heavy atom. The molecule has 0 saturated carbocycles. The van der Waals surface area contributed by atoms with E-state index in [9.17, 15) is 0 Å². The molecule has 1 fully saturated rings. The number of halogens is 1. The van der Waals surface area contributed by atoms with Gasteiger partial charge in [0, 0.05) is 30.1 Å². The Bertz CT molecular complexity index is 892. The number of nitrogens with one attached hydrogen (secondary N) is 1. The van der Waals surface area contributed by atoms with Gasteiger partial charge in [0.25, 0.3) is 0 Å². The molecule has 0 aliphatic carbocycles. The van der Waals surface area contributed by atoms with Crippen LogP contribution < -0.4 is 0 Å². The Labute approximate surface area is 155 Å². The van der Waals surface area contributed by atoms with Crippen LogP contribution in [-0.2, 0) is 6.54 Å². The molecule has 0 bridgehead atoms. The van der Waals surface area contributed by atoms with Gasteiger partial charge in [-0.1, -0.05) is 46.3 Å². The normalized spacial score (nSPS) is 16.7. The van der Waals surface area contributed by atoms with Gasteiger partial charge in [-0.05, 0) is 48.8 Å². The maximum absolute atomic E-state index is 5.59. The fourth-order valence-electron chi connectivity index (χ4n) is 3.63. The lowest BCUT2D eigenvalue weighted by molar-refractivity contribution is 0.181. The molecule has 0 atom stereocenters. The summed E-state index contributed by atoms with van der Waals surface area (Å²) in [5.74, 6) is 0. The number of rotatable bonds is 3. The summed E-state index contributed by atoms with van der Waals surface area (Å²) in [6.45, 7) is 3.27. The van der Waals surface area contributed by atoms with Crippen molar-refractivity contribution in [2.75, 3.05) is 13.1 Å². The minimum atomic E-state index is 0.479. The second-order valence-corrected chi connectivity index (χ2v) is 7.76. The first-order valence-electron chi connectivity index (χ1n) is 8.37. The highest BCUT2D eigenvalue weighted by Gasteiger charge is 2.22. The number of fused-ring (bicyclic) bond motifs is 1. The largest absolute Gasteiger partial charge is 0.331 e. The Kier molecular flexibility index (Phi) is 4.57. The highest BCUT2D eigenvalue weighted by atomic mass is 79.9. The number of imidazole rings is 1. The third kappa shape index (κ3) is 3.21. The van der Waals surface area contributed by atoms with Crippen molar-refractivity contribution in [1.29, 1.82) is 0 Å². The summed E-state index contributed by atoms with van der Waals surface area (Å²) in [5.41, 5.74) is 3.72. The van der Waals surface area contributed by atoms with Crippen molar-refractivity contribution in [2.45, 2.75) is 25.4 Å². The lowest BCUT2D eigenvalue weighted by Gasteiger charge is -2.33. The molecule has 0 unspecified atom stereocenters. The molecule has 4 rings (SSSR count). The quantitative estimate of drug-likeness (QED) is 0.602. The molecule has 1 aliphatic heterocycles. The van der Waals surface area contributed by atoms with E-state index in [2.05, 4.69) is 78.9 Å². The van der Waals surface area contributed by atoms with Crippen LogP contribution in [0.3, 0.4) is 0 Å². The van der Waals surface area contributed by atoms with Crippen LogP contribution in [0.4, 0.5) is 0 Å². The summed E-state index contributed by atoms with van der Waals surface area (Å²) in [5, 5.41) is 0. The topological polar surface area (TPSA) is 24.0 Å². The molecule has 1 N–H and O–H groups in total. The monoisotopic (exact) mass is 401 g/mol. The molecule has 2 aromatic carbocycles. The van der Waals surface area contributed by atoms with Crippen molar-refractivity contribution in [3.05, 3.63) is 63.3 Å². The number of hydrogen-bond acceptors (Lipinski definition) is 2. The first kappa shape index (κ1) is 16.1. The summed E-state index contributed by atoms with van der Waals surface area (Å²) >= 11 is 9.17. The molecule has 2 heterocycles. The lowest BCUT2D eigenvalue weighted by Crippen LogP contribution is -2.34. The van der Waals surface area contributed by atoms with Crippen molar-refractivity contribution >= 4 is 39.2 Å². The van der Waals surface area contributed by atoms with Gasteiger partial charge in [-0.15, -0.1) is 0 Å². The molecular weight excluding hydrogens is 382 g/mol. The number of H-pyrrole nitrogens is 1. The van der Waals surface area contributed by atoms with Crippen molar-refractivity contribution in [1.82, 2.24) is 14.5 Å². The highest BCUT2D eigenvalue weighted by Crippen LogP contribution is 2.29. The minimum Gasteiger partial charge on any atom is -0.331 e. The van der Waals surface area contributed by atoms with Crippen LogP contribution >= 0.6 is 28.1 Å². The number of benzene rings is 2. The molecule has 1 saturated heterocycles. The maximum Gasteiger partial charge on any atom is 0.178 e. The van der Waals surface area contributed by atoms with E-state index in [1.807, 2.05) is 0 Å². The van der Waals surface area contributed by atoms with Crippen molar-refractivity contribution in [3.8, 4) is 0 Å².